The molecule has 0 atom stereocenters. The molecule has 0 radical (unpaired) electrons. The van der Waals surface area contributed by atoms with Crippen LogP contribution in [0.4, 0.5) is 0 Å². The van der Waals surface area contributed by atoms with Gasteiger partial charge in [-0.05, 0) is 76.9 Å². The molecule has 1 heterocycles. The van der Waals surface area contributed by atoms with Gasteiger partial charge in [0.15, 0.2) is 0 Å². The second-order valence-electron chi connectivity index (χ2n) is 7.13. The number of carbonyl (C=O) groups is 1. The van der Waals surface area contributed by atoms with Crippen LogP contribution in [-0.2, 0) is 0 Å². The van der Waals surface area contributed by atoms with E-state index in [4.69, 9.17) is 11.6 Å². The quantitative estimate of drug-likeness (QED) is 0.244. The van der Waals surface area contributed by atoms with Crippen LogP contribution in [0.25, 0.3) is 16.9 Å². The third-order valence-electron chi connectivity index (χ3n) is 4.96. The normalized spacial score (nSPS) is 11.1. The van der Waals surface area contributed by atoms with E-state index in [9.17, 15) is 9.90 Å². The molecule has 2 N–H and O–H groups in total. The number of rotatable bonds is 5. The van der Waals surface area contributed by atoms with Gasteiger partial charge < -0.3 is 9.67 Å². The van der Waals surface area contributed by atoms with Gasteiger partial charge in [-0.25, -0.2) is 5.43 Å². The highest BCUT2D eigenvalue weighted by Gasteiger charge is 2.11. The molecule has 0 aliphatic rings. The van der Waals surface area contributed by atoms with Crippen LogP contribution < -0.4 is 5.43 Å². The predicted molar refractivity (Wildman–Crippen MR) is 132 cm³/mol. The zero-order valence-corrected chi connectivity index (χ0v) is 19.4. The van der Waals surface area contributed by atoms with Crippen molar-refractivity contribution in [2.24, 2.45) is 5.10 Å². The first-order valence-corrected chi connectivity index (χ1v) is 11.0. The molecule has 0 spiro atoms. The lowest BCUT2D eigenvalue weighted by atomic mass is 10.1. The Morgan fingerprint density at radius 1 is 1.06 bits per heavy atom. The second kappa shape index (κ2) is 9.42. The molecule has 0 unspecified atom stereocenters. The Bertz CT molecular complexity index is 1300. The average Bonchev–Trinajstić information content (AvgIpc) is 3.19. The summed E-state index contributed by atoms with van der Waals surface area (Å²) in [6, 6.07) is 24.7. The van der Waals surface area contributed by atoms with Crippen molar-refractivity contribution in [2.45, 2.75) is 6.92 Å². The number of nitrogens with zero attached hydrogens (tertiary/aromatic N) is 2. The summed E-state index contributed by atoms with van der Waals surface area (Å²) in [5.41, 5.74) is 7.58. The van der Waals surface area contributed by atoms with Crippen molar-refractivity contribution in [2.75, 3.05) is 0 Å². The highest BCUT2D eigenvalue weighted by atomic mass is 79.9. The Morgan fingerprint density at radius 3 is 2.50 bits per heavy atom. The number of aryl methyl sites for hydroxylation is 1. The number of amides is 1. The molecule has 160 valence electrons. The van der Waals surface area contributed by atoms with E-state index in [1.807, 2.05) is 37.3 Å². The SMILES string of the molecule is Cc1ccc(-c2ccccc2)n1-c1ccc(C(=O)N/N=C/c2cc(Cl)cc(Br)c2O)cc1. The minimum absolute atomic E-state index is 0.00642. The molecule has 7 heteroatoms. The van der Waals surface area contributed by atoms with Gasteiger partial charge in [0.25, 0.3) is 5.91 Å². The predicted octanol–water partition coefficient (Wildman–Crippen LogP) is 6.34. The number of carbonyl (C=O) groups excluding carboxylic acids is 1. The van der Waals surface area contributed by atoms with Crippen LogP contribution in [0, 0.1) is 6.92 Å². The second-order valence-corrected chi connectivity index (χ2v) is 8.42. The first-order chi connectivity index (χ1) is 15.4. The topological polar surface area (TPSA) is 66.6 Å². The monoisotopic (exact) mass is 507 g/mol. The number of halogens is 2. The molecule has 5 nitrogen and oxygen atoms in total. The average molecular weight is 509 g/mol. The number of benzene rings is 3. The smallest absolute Gasteiger partial charge is 0.271 e. The first-order valence-electron chi connectivity index (χ1n) is 9.79. The van der Waals surface area contributed by atoms with E-state index >= 15 is 0 Å². The number of hydrogen-bond donors (Lipinski definition) is 2. The molecule has 0 saturated heterocycles. The summed E-state index contributed by atoms with van der Waals surface area (Å²) in [6.45, 7) is 2.05. The van der Waals surface area contributed by atoms with Gasteiger partial charge in [-0.2, -0.15) is 5.10 Å². The Morgan fingerprint density at radius 2 is 1.78 bits per heavy atom. The summed E-state index contributed by atoms with van der Waals surface area (Å²) >= 11 is 9.20. The summed E-state index contributed by atoms with van der Waals surface area (Å²) in [7, 11) is 0. The fraction of sp³-hybridized carbons (Fsp3) is 0.0400. The Balaban J connectivity index is 1.52. The molecule has 1 aromatic heterocycles. The van der Waals surface area contributed by atoms with Gasteiger partial charge in [-0.1, -0.05) is 41.9 Å². The van der Waals surface area contributed by atoms with Crippen LogP contribution in [0.5, 0.6) is 5.75 Å². The lowest BCUT2D eigenvalue weighted by Crippen LogP contribution is -2.17. The van der Waals surface area contributed by atoms with Crippen molar-refractivity contribution in [1.82, 2.24) is 9.99 Å². The number of aromatic nitrogens is 1. The fourth-order valence-corrected chi connectivity index (χ4v) is 4.22. The van der Waals surface area contributed by atoms with Gasteiger partial charge in [0.2, 0.25) is 0 Å². The number of nitrogens with one attached hydrogen (secondary N) is 1. The maximum absolute atomic E-state index is 12.5. The van der Waals surface area contributed by atoms with Gasteiger partial charge in [0.1, 0.15) is 5.75 Å². The number of aromatic hydroxyl groups is 1. The zero-order valence-electron chi connectivity index (χ0n) is 17.1. The largest absolute Gasteiger partial charge is 0.506 e. The third kappa shape index (κ3) is 4.61. The van der Waals surface area contributed by atoms with Gasteiger partial charge in [0, 0.05) is 27.5 Å². The molecule has 0 fully saturated rings. The molecular weight excluding hydrogens is 490 g/mol. The summed E-state index contributed by atoms with van der Waals surface area (Å²) in [5.74, 6) is -0.367. The van der Waals surface area contributed by atoms with Crippen LogP contribution in [0.3, 0.4) is 0 Å². The van der Waals surface area contributed by atoms with Crippen molar-refractivity contribution < 1.29 is 9.90 Å². The summed E-state index contributed by atoms with van der Waals surface area (Å²) in [6.07, 6.45) is 1.34. The first kappa shape index (κ1) is 21.9. The van der Waals surface area contributed by atoms with Crippen LogP contribution in [0.15, 0.2) is 88.4 Å². The Hall–Kier alpha value is -3.35. The third-order valence-corrected chi connectivity index (χ3v) is 5.78. The summed E-state index contributed by atoms with van der Waals surface area (Å²) < 4.78 is 2.60. The number of hydrogen-bond acceptors (Lipinski definition) is 3. The van der Waals surface area contributed by atoms with E-state index in [1.54, 1.807) is 24.3 Å². The molecule has 0 aliphatic heterocycles. The minimum atomic E-state index is -0.360. The van der Waals surface area contributed by atoms with Crippen molar-refractivity contribution in [3.8, 4) is 22.7 Å². The van der Waals surface area contributed by atoms with Gasteiger partial charge in [-0.3, -0.25) is 4.79 Å². The van der Waals surface area contributed by atoms with E-state index in [2.05, 4.69) is 55.3 Å². The molecule has 0 aliphatic carbocycles. The molecular formula is C25H19BrClN3O2. The highest BCUT2D eigenvalue weighted by molar-refractivity contribution is 9.10. The Labute approximate surface area is 199 Å². The maximum atomic E-state index is 12.5. The summed E-state index contributed by atoms with van der Waals surface area (Å²) in [5, 5.41) is 14.4. The number of hydrazone groups is 1. The fourth-order valence-electron chi connectivity index (χ4n) is 3.39. The zero-order chi connectivity index (χ0) is 22.7. The maximum Gasteiger partial charge on any atom is 0.271 e. The van der Waals surface area contributed by atoms with Crippen LogP contribution in [0.2, 0.25) is 5.02 Å². The lowest BCUT2D eigenvalue weighted by molar-refractivity contribution is 0.0955. The number of phenols is 1. The standard InChI is InChI=1S/C25H19BrClN3O2/c1-16-7-12-23(17-5-3-2-4-6-17)30(16)21-10-8-18(9-11-21)25(32)29-28-15-19-13-20(27)14-22(26)24(19)31/h2-15,31H,1H3,(H,29,32)/b28-15+. The van der Waals surface area contributed by atoms with Crippen molar-refractivity contribution in [3.63, 3.8) is 0 Å². The van der Waals surface area contributed by atoms with Gasteiger partial charge in [-0.15, -0.1) is 0 Å². The molecule has 4 aromatic rings. The lowest BCUT2D eigenvalue weighted by Gasteiger charge is -2.12. The van der Waals surface area contributed by atoms with Crippen LogP contribution in [0.1, 0.15) is 21.6 Å². The molecule has 0 saturated carbocycles. The van der Waals surface area contributed by atoms with E-state index in [-0.39, 0.29) is 11.7 Å². The van der Waals surface area contributed by atoms with Crippen molar-refractivity contribution >= 4 is 39.7 Å². The molecule has 0 bridgehead atoms. The van der Waals surface area contributed by atoms with E-state index < -0.39 is 0 Å². The molecule has 3 aromatic carbocycles. The Kier molecular flexibility index (Phi) is 6.44. The molecule has 1 amide bonds. The molecule has 32 heavy (non-hydrogen) atoms. The van der Waals surface area contributed by atoms with Crippen molar-refractivity contribution in [1.29, 1.82) is 0 Å². The minimum Gasteiger partial charge on any atom is -0.506 e. The molecule has 4 rings (SSSR count). The van der Waals surface area contributed by atoms with Gasteiger partial charge in [0.05, 0.1) is 16.4 Å². The van der Waals surface area contributed by atoms with E-state index in [0.29, 0.717) is 20.6 Å². The van der Waals surface area contributed by atoms with Crippen LogP contribution in [-0.4, -0.2) is 21.8 Å². The van der Waals surface area contributed by atoms with E-state index in [0.717, 1.165) is 22.6 Å². The highest BCUT2D eigenvalue weighted by Crippen LogP contribution is 2.30. The van der Waals surface area contributed by atoms with Crippen molar-refractivity contribution in [3.05, 3.63) is 105 Å². The van der Waals surface area contributed by atoms with Gasteiger partial charge >= 0.3 is 0 Å². The summed E-state index contributed by atoms with van der Waals surface area (Å²) in [4.78, 5) is 12.5. The number of phenolic OH excluding ortho intramolecular Hbond substituents is 1. The van der Waals surface area contributed by atoms with E-state index in [1.165, 1.54) is 6.21 Å². The van der Waals surface area contributed by atoms with Crippen LogP contribution >= 0.6 is 27.5 Å².